The molecule has 0 bridgehead atoms. The van der Waals surface area contributed by atoms with Gasteiger partial charge < -0.3 is 14.2 Å². The third kappa shape index (κ3) is 3.96. The first kappa shape index (κ1) is 21.8. The minimum absolute atomic E-state index is 0.0737. The number of ketones is 2. The number of allylic oxidation sites excluding steroid dienone is 4. The third-order valence-corrected chi connectivity index (χ3v) is 6.52. The van der Waals surface area contributed by atoms with Crippen molar-refractivity contribution in [1.82, 2.24) is 0 Å². The average molecular weight is 425 g/mol. The predicted molar refractivity (Wildman–Crippen MR) is 118 cm³/mol. The molecule has 5 nitrogen and oxygen atoms in total. The molecule has 1 aliphatic heterocycles. The van der Waals surface area contributed by atoms with Crippen molar-refractivity contribution < 1.29 is 23.8 Å². The Labute approximate surface area is 184 Å². The van der Waals surface area contributed by atoms with Gasteiger partial charge in [-0.05, 0) is 28.5 Å². The Balaban J connectivity index is 1.91. The molecule has 31 heavy (non-hydrogen) atoms. The summed E-state index contributed by atoms with van der Waals surface area (Å²) in [5, 5.41) is 0. The zero-order valence-corrected chi connectivity index (χ0v) is 19.4. The lowest BCUT2D eigenvalue weighted by atomic mass is 9.65. The van der Waals surface area contributed by atoms with Crippen molar-refractivity contribution in [3.63, 3.8) is 0 Å². The van der Waals surface area contributed by atoms with Crippen LogP contribution in [0.15, 0.2) is 40.9 Å². The van der Waals surface area contributed by atoms with Gasteiger partial charge in [-0.15, -0.1) is 0 Å². The zero-order chi connectivity index (χ0) is 22.6. The molecule has 5 heteroatoms. The fourth-order valence-electron chi connectivity index (χ4n) is 5.25. The molecule has 0 saturated carbocycles. The van der Waals surface area contributed by atoms with E-state index in [9.17, 15) is 9.59 Å². The van der Waals surface area contributed by atoms with Crippen LogP contribution >= 0.6 is 0 Å². The Morgan fingerprint density at radius 3 is 1.94 bits per heavy atom. The summed E-state index contributed by atoms with van der Waals surface area (Å²) in [6, 6.07) is 5.87. The molecule has 0 fully saturated rings. The van der Waals surface area contributed by atoms with E-state index in [0.717, 1.165) is 28.4 Å². The second-order valence-corrected chi connectivity index (χ2v) is 10.6. The number of benzene rings is 1. The topological polar surface area (TPSA) is 61.8 Å². The fraction of sp³-hybridized carbons (Fsp3) is 0.538. The number of rotatable bonds is 4. The third-order valence-electron chi connectivity index (χ3n) is 6.52. The molecule has 2 aliphatic carbocycles. The lowest BCUT2D eigenvalue weighted by Crippen LogP contribution is -2.37. The summed E-state index contributed by atoms with van der Waals surface area (Å²) in [5.41, 5.74) is 2.80. The van der Waals surface area contributed by atoms with E-state index < -0.39 is 5.92 Å². The number of hydrogen-bond acceptors (Lipinski definition) is 5. The van der Waals surface area contributed by atoms with Crippen LogP contribution in [0.25, 0.3) is 0 Å². The van der Waals surface area contributed by atoms with Crippen LogP contribution in [0.3, 0.4) is 0 Å². The summed E-state index contributed by atoms with van der Waals surface area (Å²) in [7, 11) is 3.27. The smallest absolute Gasteiger partial charge is 0.163 e. The van der Waals surface area contributed by atoms with Crippen molar-refractivity contribution in [3.05, 3.63) is 52.0 Å². The second-order valence-electron chi connectivity index (χ2n) is 10.6. The van der Waals surface area contributed by atoms with Crippen LogP contribution in [0.4, 0.5) is 0 Å². The summed E-state index contributed by atoms with van der Waals surface area (Å²) in [4.78, 5) is 26.7. The van der Waals surface area contributed by atoms with Crippen molar-refractivity contribution in [2.75, 3.05) is 14.2 Å². The van der Waals surface area contributed by atoms with Gasteiger partial charge in [0, 0.05) is 55.4 Å². The largest absolute Gasteiger partial charge is 0.496 e. The highest BCUT2D eigenvalue weighted by Crippen LogP contribution is 2.53. The van der Waals surface area contributed by atoms with Crippen LogP contribution < -0.4 is 4.74 Å². The SMILES string of the molecule is COCc1cc(C2C3=C(CC(C)(C)CC3=O)OC3=C2C(=O)CC(C)(C)C3)ccc1OC. The minimum Gasteiger partial charge on any atom is -0.496 e. The molecule has 3 aliphatic rings. The van der Waals surface area contributed by atoms with Crippen LogP contribution in [0.5, 0.6) is 5.75 Å². The quantitative estimate of drug-likeness (QED) is 0.661. The first-order valence-electron chi connectivity index (χ1n) is 10.9. The highest BCUT2D eigenvalue weighted by atomic mass is 16.5. The highest BCUT2D eigenvalue weighted by molar-refractivity contribution is 6.06. The number of carbonyl (C=O) groups is 2. The van der Waals surface area contributed by atoms with Gasteiger partial charge in [-0.2, -0.15) is 0 Å². The second kappa shape index (κ2) is 7.63. The minimum atomic E-state index is -0.396. The van der Waals surface area contributed by atoms with Crippen molar-refractivity contribution in [2.24, 2.45) is 10.8 Å². The molecule has 0 amide bonds. The normalized spacial score (nSPS) is 22.8. The molecule has 4 rings (SSSR count). The van der Waals surface area contributed by atoms with E-state index in [-0.39, 0.29) is 22.4 Å². The number of methoxy groups -OCH3 is 2. The Kier molecular flexibility index (Phi) is 5.37. The Morgan fingerprint density at radius 2 is 1.45 bits per heavy atom. The molecule has 1 aromatic rings. The summed E-state index contributed by atoms with van der Waals surface area (Å²) < 4.78 is 17.2. The van der Waals surface area contributed by atoms with E-state index in [2.05, 4.69) is 27.7 Å². The molecule has 0 aromatic heterocycles. The van der Waals surface area contributed by atoms with E-state index in [0.29, 0.717) is 43.4 Å². The maximum atomic E-state index is 13.3. The first-order valence-corrected chi connectivity index (χ1v) is 10.9. The fourth-order valence-corrected chi connectivity index (χ4v) is 5.25. The molecular weight excluding hydrogens is 392 g/mol. The van der Waals surface area contributed by atoms with E-state index in [1.54, 1.807) is 14.2 Å². The van der Waals surface area contributed by atoms with E-state index in [1.165, 1.54) is 0 Å². The maximum Gasteiger partial charge on any atom is 0.163 e. The van der Waals surface area contributed by atoms with Crippen molar-refractivity contribution in [3.8, 4) is 5.75 Å². The Bertz CT molecular complexity index is 957. The molecule has 0 saturated heterocycles. The van der Waals surface area contributed by atoms with Crippen LogP contribution in [0.2, 0.25) is 0 Å². The van der Waals surface area contributed by atoms with Crippen molar-refractivity contribution >= 4 is 11.6 Å². The lowest BCUT2D eigenvalue weighted by Gasteiger charge is -2.42. The predicted octanol–water partition coefficient (Wildman–Crippen LogP) is 5.24. The van der Waals surface area contributed by atoms with E-state index in [1.807, 2.05) is 18.2 Å². The van der Waals surface area contributed by atoms with Crippen LogP contribution in [0, 0.1) is 10.8 Å². The number of ether oxygens (including phenoxy) is 3. The molecule has 0 N–H and O–H groups in total. The van der Waals surface area contributed by atoms with Crippen molar-refractivity contribution in [1.29, 1.82) is 0 Å². The van der Waals surface area contributed by atoms with Gasteiger partial charge in [0.2, 0.25) is 0 Å². The van der Waals surface area contributed by atoms with Gasteiger partial charge in [-0.3, -0.25) is 9.59 Å². The van der Waals surface area contributed by atoms with E-state index >= 15 is 0 Å². The van der Waals surface area contributed by atoms with Gasteiger partial charge in [0.05, 0.1) is 13.7 Å². The van der Waals surface area contributed by atoms with Gasteiger partial charge in [0.15, 0.2) is 11.6 Å². The molecule has 0 spiro atoms. The molecular formula is C26H32O5. The first-order chi connectivity index (χ1) is 14.5. The van der Waals surface area contributed by atoms with E-state index in [4.69, 9.17) is 14.2 Å². The monoisotopic (exact) mass is 424 g/mol. The average Bonchev–Trinajstić information content (AvgIpc) is 2.64. The molecule has 0 radical (unpaired) electrons. The molecule has 0 unspecified atom stereocenters. The Morgan fingerprint density at radius 1 is 0.903 bits per heavy atom. The summed E-state index contributed by atoms with van der Waals surface area (Å²) >= 11 is 0. The standard InChI is InChI=1S/C26H32O5/c1-25(2)10-17(27)23-20(12-25)31-21-13-26(3,4)11-18(28)24(21)22(23)15-7-8-19(30-6)16(9-15)14-29-5/h7-9,22H,10-14H2,1-6H3. The highest BCUT2D eigenvalue weighted by Gasteiger charge is 2.47. The maximum absolute atomic E-state index is 13.3. The van der Waals surface area contributed by atoms with Crippen molar-refractivity contribution in [2.45, 2.75) is 65.9 Å². The molecule has 1 heterocycles. The van der Waals surface area contributed by atoms with Crippen LogP contribution in [0.1, 0.15) is 70.4 Å². The number of Topliss-reactive ketones (excluding diaryl/α,β-unsaturated/α-hetero) is 2. The van der Waals surface area contributed by atoms with Gasteiger partial charge >= 0.3 is 0 Å². The van der Waals surface area contributed by atoms with Crippen LogP contribution in [-0.2, 0) is 25.7 Å². The zero-order valence-electron chi connectivity index (χ0n) is 19.4. The van der Waals surface area contributed by atoms with Gasteiger partial charge in [-0.25, -0.2) is 0 Å². The molecule has 1 aromatic carbocycles. The molecule has 166 valence electrons. The van der Waals surface area contributed by atoms with Gasteiger partial charge in [0.25, 0.3) is 0 Å². The summed E-state index contributed by atoms with van der Waals surface area (Å²) in [5.74, 6) is 1.95. The molecule has 0 atom stereocenters. The number of hydrogen-bond donors (Lipinski definition) is 0. The summed E-state index contributed by atoms with van der Waals surface area (Å²) in [6.07, 6.45) is 2.29. The number of carbonyl (C=O) groups excluding carboxylic acids is 2. The lowest BCUT2D eigenvalue weighted by molar-refractivity contribution is -0.120. The van der Waals surface area contributed by atoms with Gasteiger partial charge in [-0.1, -0.05) is 33.8 Å². The van der Waals surface area contributed by atoms with Gasteiger partial charge in [0.1, 0.15) is 17.3 Å². The Hall–Kier alpha value is -2.40. The summed E-state index contributed by atoms with van der Waals surface area (Å²) in [6.45, 7) is 8.77. The van der Waals surface area contributed by atoms with Crippen LogP contribution in [-0.4, -0.2) is 25.8 Å².